The van der Waals surface area contributed by atoms with Gasteiger partial charge in [-0.05, 0) is 18.2 Å². The summed E-state index contributed by atoms with van der Waals surface area (Å²) >= 11 is 6.76. The van der Waals surface area contributed by atoms with Crippen LogP contribution in [0.2, 0.25) is 5.02 Å². The molecule has 0 fully saturated rings. The number of aryl methyl sites for hydroxylation is 1. The molecular weight excluding hydrogens is 370 g/mol. The molecule has 1 amide bonds. The summed E-state index contributed by atoms with van der Waals surface area (Å²) in [4.78, 5) is 34.4. The summed E-state index contributed by atoms with van der Waals surface area (Å²) in [6.07, 6.45) is -0.322. The molecule has 0 saturated heterocycles. The van der Waals surface area contributed by atoms with E-state index in [0.717, 1.165) is 16.4 Å². The number of halogens is 1. The quantitative estimate of drug-likeness (QED) is 0.470. The van der Waals surface area contributed by atoms with Crippen LogP contribution < -0.4 is 16.7 Å². The molecule has 132 valence electrons. The minimum absolute atomic E-state index is 0.0439. The van der Waals surface area contributed by atoms with Gasteiger partial charge in [0, 0.05) is 17.1 Å². The Hall–Kier alpha value is -2.59. The molecule has 0 radical (unpaired) electrons. The van der Waals surface area contributed by atoms with Crippen LogP contribution in [0.15, 0.2) is 34.2 Å². The fourth-order valence-corrected chi connectivity index (χ4v) is 2.64. The number of hydrogen-bond donors (Lipinski definition) is 3. The molecule has 1 aromatic heterocycles. The molecule has 0 aliphatic carbocycles. The van der Waals surface area contributed by atoms with Gasteiger partial charge in [0.15, 0.2) is 0 Å². The van der Waals surface area contributed by atoms with Crippen molar-refractivity contribution in [1.29, 1.82) is 0 Å². The van der Waals surface area contributed by atoms with E-state index >= 15 is 0 Å². The van der Waals surface area contributed by atoms with Crippen molar-refractivity contribution in [2.75, 3.05) is 16.9 Å². The second-order valence-electron chi connectivity index (χ2n) is 4.85. The number of amides is 1. The number of nitrogen functional groups attached to an aromatic ring is 1. The van der Waals surface area contributed by atoms with Gasteiger partial charge in [-0.3, -0.25) is 14.4 Å². The zero-order valence-corrected chi connectivity index (χ0v) is 14.4. The monoisotopic (exact) mass is 383 g/mol. The summed E-state index contributed by atoms with van der Waals surface area (Å²) in [7, 11) is 0. The molecule has 9 nitrogen and oxygen atoms in total. The van der Waals surface area contributed by atoms with E-state index in [9.17, 15) is 14.4 Å². The molecule has 0 bridgehead atoms. The van der Waals surface area contributed by atoms with E-state index in [4.69, 9.17) is 22.6 Å². The number of benzene rings is 1. The van der Waals surface area contributed by atoms with Crippen LogP contribution in [0.4, 0.5) is 5.69 Å². The second-order valence-corrected chi connectivity index (χ2v) is 6.22. The number of carboxylic acids is 1. The highest BCUT2D eigenvalue weighted by Crippen LogP contribution is 2.16. The fraction of sp³-hybridized carbons (Fsp3) is 0.214. The molecule has 0 aliphatic rings. The van der Waals surface area contributed by atoms with Gasteiger partial charge in [-0.1, -0.05) is 29.4 Å². The van der Waals surface area contributed by atoms with Crippen molar-refractivity contribution < 1.29 is 14.7 Å². The maximum absolute atomic E-state index is 12.0. The highest BCUT2D eigenvalue weighted by molar-refractivity contribution is 7.99. The Labute approximate surface area is 151 Å². The fourth-order valence-electron chi connectivity index (χ4n) is 1.79. The number of nitrogens with two attached hydrogens (primary N) is 1. The highest BCUT2D eigenvalue weighted by atomic mass is 35.5. The van der Waals surface area contributed by atoms with Gasteiger partial charge < -0.3 is 16.3 Å². The lowest BCUT2D eigenvalue weighted by atomic mass is 10.2. The summed E-state index contributed by atoms with van der Waals surface area (Å²) in [6, 6.07) is 6.66. The highest BCUT2D eigenvalue weighted by Gasteiger charge is 2.13. The van der Waals surface area contributed by atoms with Gasteiger partial charge in [0.25, 0.3) is 5.56 Å². The summed E-state index contributed by atoms with van der Waals surface area (Å²) in [5.41, 5.74) is -0.148. The first-order chi connectivity index (χ1) is 11.9. The third kappa shape index (κ3) is 5.47. The minimum atomic E-state index is -1.05. The van der Waals surface area contributed by atoms with Gasteiger partial charge in [0.05, 0.1) is 12.2 Å². The van der Waals surface area contributed by atoms with E-state index in [0.29, 0.717) is 10.7 Å². The Balaban J connectivity index is 1.98. The van der Waals surface area contributed by atoms with Crippen LogP contribution in [-0.2, 0) is 16.0 Å². The zero-order valence-electron chi connectivity index (χ0n) is 12.8. The smallest absolute Gasteiger partial charge is 0.303 e. The van der Waals surface area contributed by atoms with Crippen LogP contribution in [0.5, 0.6) is 0 Å². The lowest BCUT2D eigenvalue weighted by Gasteiger charge is -2.08. The van der Waals surface area contributed by atoms with E-state index in [1.807, 2.05) is 0 Å². The Morgan fingerprint density at radius 1 is 1.36 bits per heavy atom. The lowest BCUT2D eigenvalue weighted by Crippen LogP contribution is -2.34. The minimum Gasteiger partial charge on any atom is -0.481 e. The molecule has 0 spiro atoms. The summed E-state index contributed by atoms with van der Waals surface area (Å²) in [5, 5.41) is 19.3. The first kappa shape index (κ1) is 18.7. The van der Waals surface area contributed by atoms with Crippen LogP contribution >= 0.6 is 23.4 Å². The third-order valence-corrected chi connectivity index (χ3v) is 4.12. The molecule has 11 heteroatoms. The molecule has 1 heterocycles. The predicted octanol–water partition coefficient (Wildman–Crippen LogP) is 0.754. The number of nitrogens with zero attached hydrogens (tertiary/aromatic N) is 3. The standard InChI is InChI=1S/C14H14ClN5O4S/c15-8-2-1-3-9(6-8)17-11(21)7-25-14-19-18-10(4-5-12(22)23)13(24)20(14)16/h1-3,6H,4-5,7,16H2,(H,17,21)(H,22,23). The number of aromatic nitrogens is 3. The molecule has 1 aromatic carbocycles. The molecule has 4 N–H and O–H groups in total. The van der Waals surface area contributed by atoms with Crippen molar-refractivity contribution in [2.45, 2.75) is 18.0 Å². The molecule has 0 aliphatic heterocycles. The summed E-state index contributed by atoms with van der Waals surface area (Å²) < 4.78 is 0.752. The molecule has 25 heavy (non-hydrogen) atoms. The average Bonchev–Trinajstić information content (AvgIpc) is 2.55. The summed E-state index contributed by atoms with van der Waals surface area (Å²) in [6.45, 7) is 0. The molecule has 0 unspecified atom stereocenters. The number of hydrogen-bond acceptors (Lipinski definition) is 7. The molecular formula is C14H14ClN5O4S. The number of aliphatic carboxylic acids is 1. The van der Waals surface area contributed by atoms with Crippen LogP contribution in [0.3, 0.4) is 0 Å². The SMILES string of the molecule is Nn1c(SCC(=O)Nc2cccc(Cl)c2)nnc(CCC(=O)O)c1=O. The summed E-state index contributed by atoms with van der Waals surface area (Å²) in [5.74, 6) is 4.19. The van der Waals surface area contributed by atoms with Crippen molar-refractivity contribution in [2.24, 2.45) is 0 Å². The molecule has 0 saturated carbocycles. The predicted molar refractivity (Wildman–Crippen MR) is 93.2 cm³/mol. The van der Waals surface area contributed by atoms with E-state index < -0.39 is 11.5 Å². The van der Waals surface area contributed by atoms with Crippen LogP contribution in [0.25, 0.3) is 0 Å². The van der Waals surface area contributed by atoms with Crippen molar-refractivity contribution in [1.82, 2.24) is 14.9 Å². The average molecular weight is 384 g/mol. The Morgan fingerprint density at radius 2 is 2.12 bits per heavy atom. The van der Waals surface area contributed by atoms with Gasteiger partial charge in [-0.2, -0.15) is 4.68 Å². The number of thioether (sulfide) groups is 1. The Morgan fingerprint density at radius 3 is 2.80 bits per heavy atom. The maximum Gasteiger partial charge on any atom is 0.303 e. The van der Waals surface area contributed by atoms with Crippen molar-refractivity contribution in [3.63, 3.8) is 0 Å². The van der Waals surface area contributed by atoms with Crippen molar-refractivity contribution in [3.8, 4) is 0 Å². The first-order valence-electron chi connectivity index (χ1n) is 7.00. The number of carbonyl (C=O) groups is 2. The molecule has 2 rings (SSSR count). The van der Waals surface area contributed by atoms with E-state index in [2.05, 4.69) is 15.5 Å². The Bertz CT molecular complexity index is 857. The van der Waals surface area contributed by atoms with Crippen molar-refractivity contribution >= 4 is 40.9 Å². The lowest BCUT2D eigenvalue weighted by molar-refractivity contribution is -0.137. The Kier molecular flexibility index (Phi) is 6.37. The molecule has 0 atom stereocenters. The third-order valence-electron chi connectivity index (χ3n) is 2.94. The van der Waals surface area contributed by atoms with Crippen LogP contribution in [0, 0.1) is 0 Å². The normalized spacial score (nSPS) is 10.4. The van der Waals surface area contributed by atoms with Gasteiger partial charge in [-0.25, -0.2) is 0 Å². The van der Waals surface area contributed by atoms with Gasteiger partial charge in [0.1, 0.15) is 5.69 Å². The van der Waals surface area contributed by atoms with Crippen molar-refractivity contribution in [3.05, 3.63) is 45.3 Å². The first-order valence-corrected chi connectivity index (χ1v) is 8.37. The van der Waals surface area contributed by atoms with Crippen LogP contribution in [0.1, 0.15) is 12.1 Å². The van der Waals surface area contributed by atoms with E-state index in [-0.39, 0.29) is 35.4 Å². The van der Waals surface area contributed by atoms with E-state index in [1.165, 1.54) is 0 Å². The number of anilines is 1. The van der Waals surface area contributed by atoms with Gasteiger partial charge >= 0.3 is 5.97 Å². The zero-order chi connectivity index (χ0) is 18.4. The second kappa shape index (κ2) is 8.49. The largest absolute Gasteiger partial charge is 0.481 e. The number of nitrogens with one attached hydrogen (secondary N) is 1. The van der Waals surface area contributed by atoms with Gasteiger partial charge in [0.2, 0.25) is 11.1 Å². The van der Waals surface area contributed by atoms with Gasteiger partial charge in [-0.15, -0.1) is 10.2 Å². The van der Waals surface area contributed by atoms with Crippen LogP contribution in [-0.4, -0.2) is 37.6 Å². The number of rotatable bonds is 7. The maximum atomic E-state index is 12.0. The molecule has 2 aromatic rings. The topological polar surface area (TPSA) is 140 Å². The number of carboxylic acid groups (broad SMARTS) is 1. The number of carbonyl (C=O) groups excluding carboxylic acids is 1. The van der Waals surface area contributed by atoms with E-state index in [1.54, 1.807) is 24.3 Å².